The van der Waals surface area contributed by atoms with Crippen LogP contribution in [0.2, 0.25) is 0 Å². The molecular weight excluding hydrogens is 292 g/mol. The van der Waals surface area contributed by atoms with Crippen molar-refractivity contribution in [3.8, 4) is 0 Å². The Labute approximate surface area is 139 Å². The van der Waals surface area contributed by atoms with E-state index in [1.165, 1.54) is 32.1 Å². The molecule has 2 rings (SSSR count). The van der Waals surface area contributed by atoms with Gasteiger partial charge in [-0.3, -0.25) is 4.99 Å². The van der Waals surface area contributed by atoms with Gasteiger partial charge in [-0.15, -0.1) is 0 Å². The maximum absolute atomic E-state index is 11.9. The first-order chi connectivity index (χ1) is 10.8. The molecule has 0 saturated heterocycles. The third kappa shape index (κ3) is 7.10. The maximum Gasteiger partial charge on any atom is 0.407 e. The van der Waals surface area contributed by atoms with Crippen LogP contribution in [0.25, 0.3) is 0 Å². The van der Waals surface area contributed by atoms with Crippen LogP contribution in [0.5, 0.6) is 0 Å². The second kappa shape index (κ2) is 7.88. The summed E-state index contributed by atoms with van der Waals surface area (Å²) in [6.45, 7) is 6.10. The first-order valence-corrected chi connectivity index (χ1v) is 8.89. The van der Waals surface area contributed by atoms with Crippen molar-refractivity contribution >= 4 is 12.1 Å². The van der Waals surface area contributed by atoms with Crippen molar-refractivity contribution in [2.45, 2.75) is 83.4 Å². The number of guanidine groups is 1. The molecule has 6 nitrogen and oxygen atoms in total. The van der Waals surface area contributed by atoms with Crippen LogP contribution in [0.1, 0.15) is 65.7 Å². The van der Waals surface area contributed by atoms with Gasteiger partial charge < -0.3 is 21.1 Å². The SMILES string of the molecule is CC(C)(C)OC(=O)NC(CN=C(N)NC1CCCCC1)C1CC1. The van der Waals surface area contributed by atoms with Gasteiger partial charge in [0.05, 0.1) is 12.6 Å². The van der Waals surface area contributed by atoms with Crippen LogP contribution < -0.4 is 16.4 Å². The highest BCUT2D eigenvalue weighted by atomic mass is 16.6. The second-order valence-corrected chi connectivity index (χ2v) is 7.80. The fourth-order valence-electron chi connectivity index (χ4n) is 2.97. The zero-order chi connectivity index (χ0) is 16.9. The van der Waals surface area contributed by atoms with Gasteiger partial charge in [0.2, 0.25) is 0 Å². The predicted octanol–water partition coefficient (Wildman–Crippen LogP) is 2.53. The summed E-state index contributed by atoms with van der Waals surface area (Å²) < 4.78 is 5.33. The molecule has 132 valence electrons. The van der Waals surface area contributed by atoms with Gasteiger partial charge in [0.15, 0.2) is 5.96 Å². The highest BCUT2D eigenvalue weighted by Gasteiger charge is 2.33. The van der Waals surface area contributed by atoms with Crippen LogP contribution in [0.4, 0.5) is 4.79 Å². The van der Waals surface area contributed by atoms with Gasteiger partial charge in [0.1, 0.15) is 5.60 Å². The zero-order valence-electron chi connectivity index (χ0n) is 14.7. The van der Waals surface area contributed by atoms with E-state index >= 15 is 0 Å². The smallest absolute Gasteiger partial charge is 0.407 e. The van der Waals surface area contributed by atoms with Crippen LogP contribution in [-0.2, 0) is 4.74 Å². The zero-order valence-corrected chi connectivity index (χ0v) is 14.7. The molecule has 2 fully saturated rings. The molecule has 0 aromatic rings. The molecule has 0 aromatic carbocycles. The van der Waals surface area contributed by atoms with Crippen molar-refractivity contribution in [3.05, 3.63) is 0 Å². The van der Waals surface area contributed by atoms with E-state index < -0.39 is 5.60 Å². The number of rotatable bonds is 5. The molecule has 6 heteroatoms. The molecule has 0 aromatic heterocycles. The lowest BCUT2D eigenvalue weighted by molar-refractivity contribution is 0.0500. The minimum atomic E-state index is -0.483. The largest absolute Gasteiger partial charge is 0.444 e. The summed E-state index contributed by atoms with van der Waals surface area (Å²) >= 11 is 0. The third-order valence-electron chi connectivity index (χ3n) is 4.31. The Hall–Kier alpha value is -1.46. The Morgan fingerprint density at radius 2 is 1.87 bits per heavy atom. The van der Waals surface area contributed by atoms with E-state index in [-0.39, 0.29) is 12.1 Å². The van der Waals surface area contributed by atoms with E-state index in [4.69, 9.17) is 10.5 Å². The van der Waals surface area contributed by atoms with Crippen molar-refractivity contribution in [2.75, 3.05) is 6.54 Å². The molecule has 0 heterocycles. The average molecular weight is 324 g/mol. The van der Waals surface area contributed by atoms with Gasteiger partial charge in [-0.05, 0) is 52.4 Å². The first-order valence-electron chi connectivity index (χ1n) is 8.89. The highest BCUT2D eigenvalue weighted by Crippen LogP contribution is 2.33. The summed E-state index contributed by atoms with van der Waals surface area (Å²) in [5, 5.41) is 6.25. The molecule has 1 unspecified atom stereocenters. The number of nitrogens with zero attached hydrogens (tertiary/aromatic N) is 1. The monoisotopic (exact) mass is 324 g/mol. The van der Waals surface area contributed by atoms with Crippen molar-refractivity contribution in [1.29, 1.82) is 0 Å². The van der Waals surface area contributed by atoms with Gasteiger partial charge in [0, 0.05) is 6.04 Å². The first kappa shape index (κ1) is 17.9. The third-order valence-corrected chi connectivity index (χ3v) is 4.31. The van der Waals surface area contributed by atoms with Gasteiger partial charge in [-0.2, -0.15) is 0 Å². The summed E-state index contributed by atoms with van der Waals surface area (Å²) in [6.07, 6.45) is 8.06. The number of carbonyl (C=O) groups is 1. The summed E-state index contributed by atoms with van der Waals surface area (Å²) in [4.78, 5) is 16.4. The number of carbonyl (C=O) groups excluding carboxylic acids is 1. The molecule has 23 heavy (non-hydrogen) atoms. The van der Waals surface area contributed by atoms with Gasteiger partial charge in [0.25, 0.3) is 0 Å². The molecule has 1 amide bonds. The molecule has 0 spiro atoms. The van der Waals surface area contributed by atoms with Gasteiger partial charge >= 0.3 is 6.09 Å². The fraction of sp³-hybridized carbons (Fsp3) is 0.882. The van der Waals surface area contributed by atoms with Crippen LogP contribution >= 0.6 is 0 Å². The fourth-order valence-corrected chi connectivity index (χ4v) is 2.97. The van der Waals surface area contributed by atoms with Gasteiger partial charge in [-0.1, -0.05) is 19.3 Å². The van der Waals surface area contributed by atoms with Crippen LogP contribution in [0, 0.1) is 5.92 Å². The minimum Gasteiger partial charge on any atom is -0.444 e. The molecule has 0 bridgehead atoms. The van der Waals surface area contributed by atoms with Crippen LogP contribution in [0.3, 0.4) is 0 Å². The lowest BCUT2D eigenvalue weighted by Crippen LogP contribution is -2.44. The molecule has 2 aliphatic rings. The predicted molar refractivity (Wildman–Crippen MR) is 92.4 cm³/mol. The number of nitrogens with two attached hydrogens (primary N) is 1. The Bertz CT molecular complexity index is 421. The van der Waals surface area contributed by atoms with Crippen LogP contribution in [-0.4, -0.2) is 36.3 Å². The summed E-state index contributed by atoms with van der Waals surface area (Å²) in [5.41, 5.74) is 5.52. The number of nitrogens with one attached hydrogen (secondary N) is 2. The Morgan fingerprint density at radius 1 is 1.22 bits per heavy atom. The molecular formula is C17H32N4O2. The lowest BCUT2D eigenvalue weighted by Gasteiger charge is -2.24. The van der Waals surface area contributed by atoms with Crippen LogP contribution in [0.15, 0.2) is 4.99 Å². The number of hydrogen-bond acceptors (Lipinski definition) is 3. The molecule has 0 aliphatic heterocycles. The minimum absolute atomic E-state index is 0.0107. The standard InChI is InChI=1S/C17H32N4O2/c1-17(2,3)23-16(22)21-14(12-9-10-12)11-19-15(18)20-13-7-5-4-6-8-13/h12-14H,4-11H2,1-3H3,(H,21,22)(H3,18,19,20). The number of amides is 1. The van der Waals surface area contributed by atoms with E-state index in [9.17, 15) is 4.79 Å². The Balaban J connectivity index is 1.79. The second-order valence-electron chi connectivity index (χ2n) is 7.80. The quantitative estimate of drug-likeness (QED) is 0.535. The molecule has 0 radical (unpaired) electrons. The molecule has 2 saturated carbocycles. The summed E-state index contributed by atoms with van der Waals surface area (Å²) in [6, 6.07) is 0.460. The van der Waals surface area contributed by atoms with Crippen molar-refractivity contribution in [2.24, 2.45) is 16.6 Å². The van der Waals surface area contributed by atoms with E-state index in [1.54, 1.807) is 0 Å². The van der Waals surface area contributed by atoms with E-state index in [0.717, 1.165) is 12.8 Å². The number of aliphatic imine (C=N–C) groups is 1. The molecule has 1 atom stereocenters. The summed E-state index contributed by atoms with van der Waals surface area (Å²) in [7, 11) is 0. The van der Waals surface area contributed by atoms with Crippen molar-refractivity contribution in [3.63, 3.8) is 0 Å². The number of ether oxygens (including phenoxy) is 1. The van der Waals surface area contributed by atoms with Gasteiger partial charge in [-0.25, -0.2) is 4.79 Å². The van der Waals surface area contributed by atoms with E-state index in [0.29, 0.717) is 24.5 Å². The molecule has 4 N–H and O–H groups in total. The Morgan fingerprint density at radius 3 is 2.43 bits per heavy atom. The van der Waals surface area contributed by atoms with E-state index in [1.807, 2.05) is 20.8 Å². The Kier molecular flexibility index (Phi) is 6.13. The normalized spacial score (nSPS) is 21.6. The summed E-state index contributed by atoms with van der Waals surface area (Å²) in [5.74, 6) is 0.988. The average Bonchev–Trinajstić information content (AvgIpc) is 3.27. The molecule has 2 aliphatic carbocycles. The number of alkyl carbamates (subject to hydrolysis) is 1. The van der Waals surface area contributed by atoms with Crippen molar-refractivity contribution in [1.82, 2.24) is 10.6 Å². The lowest BCUT2D eigenvalue weighted by atomic mass is 9.96. The topological polar surface area (TPSA) is 88.7 Å². The number of hydrogen-bond donors (Lipinski definition) is 3. The highest BCUT2D eigenvalue weighted by molar-refractivity contribution is 5.78. The van der Waals surface area contributed by atoms with E-state index in [2.05, 4.69) is 15.6 Å². The maximum atomic E-state index is 11.9. The van der Waals surface area contributed by atoms with Crippen molar-refractivity contribution < 1.29 is 9.53 Å².